The Bertz CT molecular complexity index is 1200. The highest BCUT2D eigenvalue weighted by Crippen LogP contribution is 2.34. The highest BCUT2D eigenvalue weighted by atomic mass is 19.1. The van der Waals surface area contributed by atoms with Crippen LogP contribution >= 0.6 is 0 Å². The summed E-state index contributed by atoms with van der Waals surface area (Å²) in [6.07, 6.45) is 3.18. The van der Waals surface area contributed by atoms with E-state index in [1.54, 1.807) is 6.07 Å². The van der Waals surface area contributed by atoms with Crippen LogP contribution in [0, 0.1) is 29.0 Å². The monoisotopic (exact) mass is 483 g/mol. The van der Waals surface area contributed by atoms with E-state index in [1.165, 1.54) is 19.2 Å². The zero-order chi connectivity index (χ0) is 25.3. The maximum absolute atomic E-state index is 13.8. The molecule has 2 aromatic rings. The maximum atomic E-state index is 13.8. The van der Waals surface area contributed by atoms with Gasteiger partial charge in [0.05, 0.1) is 18.7 Å². The van der Waals surface area contributed by atoms with E-state index in [9.17, 15) is 24.0 Å². The number of ether oxygens (including phenoxy) is 1. The van der Waals surface area contributed by atoms with Crippen LogP contribution in [0.1, 0.15) is 56.4 Å². The number of carbonyl (C=O) groups is 3. The first-order chi connectivity index (χ1) is 16.6. The van der Waals surface area contributed by atoms with Crippen molar-refractivity contribution in [2.24, 2.45) is 11.8 Å². The van der Waals surface area contributed by atoms with E-state index >= 15 is 0 Å². The van der Waals surface area contributed by atoms with Gasteiger partial charge in [0.2, 0.25) is 11.8 Å². The molecular formula is C25H30FN5O4. The van der Waals surface area contributed by atoms with Gasteiger partial charge >= 0.3 is 0 Å². The molecule has 10 heteroatoms. The molecule has 186 valence electrons. The molecule has 4 rings (SSSR count). The number of methoxy groups -OCH3 is 1. The Morgan fingerprint density at radius 1 is 1.26 bits per heavy atom. The number of hydrogen-bond acceptors (Lipinski definition) is 5. The van der Waals surface area contributed by atoms with Crippen LogP contribution in [0.25, 0.3) is 10.9 Å². The van der Waals surface area contributed by atoms with Crippen molar-refractivity contribution in [2.75, 3.05) is 7.11 Å². The molecular weight excluding hydrogens is 453 g/mol. The number of carbonyl (C=O) groups excluding carboxylic acids is 3. The topological polar surface area (TPSA) is 136 Å². The van der Waals surface area contributed by atoms with Gasteiger partial charge in [0.15, 0.2) is 0 Å². The summed E-state index contributed by atoms with van der Waals surface area (Å²) in [5.41, 5.74) is 0.219. The van der Waals surface area contributed by atoms with Gasteiger partial charge in [-0.05, 0) is 51.2 Å². The third-order valence-corrected chi connectivity index (χ3v) is 6.60. The van der Waals surface area contributed by atoms with Gasteiger partial charge in [-0.1, -0.05) is 12.8 Å². The van der Waals surface area contributed by atoms with Crippen molar-refractivity contribution in [1.82, 2.24) is 20.9 Å². The first-order valence-electron chi connectivity index (χ1n) is 11.8. The molecule has 0 bridgehead atoms. The van der Waals surface area contributed by atoms with E-state index in [-0.39, 0.29) is 29.5 Å². The van der Waals surface area contributed by atoms with Crippen LogP contribution in [0.2, 0.25) is 0 Å². The Hall–Kier alpha value is -3.61. The Kier molecular flexibility index (Phi) is 6.70. The SMILES string of the molecule is COc1cc(F)cc2[nH]c(C(=O)N[C@@H](CC3CC3)C(=O)N[C@H](C#N)C[C@@H]3CC(C)(C)NC3=O)cc12. The second-order valence-corrected chi connectivity index (χ2v) is 10.2. The molecule has 0 radical (unpaired) electrons. The molecule has 35 heavy (non-hydrogen) atoms. The predicted molar refractivity (Wildman–Crippen MR) is 126 cm³/mol. The van der Waals surface area contributed by atoms with Crippen molar-refractivity contribution in [3.8, 4) is 11.8 Å². The molecule has 2 aliphatic rings. The number of amides is 3. The summed E-state index contributed by atoms with van der Waals surface area (Å²) in [5, 5.41) is 18.5. The van der Waals surface area contributed by atoms with Crippen molar-refractivity contribution in [1.29, 1.82) is 5.26 Å². The number of nitrogens with one attached hydrogen (secondary N) is 4. The number of rotatable bonds is 9. The van der Waals surface area contributed by atoms with Crippen molar-refractivity contribution in [3.63, 3.8) is 0 Å². The number of nitriles is 1. The van der Waals surface area contributed by atoms with E-state index in [0.717, 1.165) is 12.8 Å². The Morgan fingerprint density at radius 2 is 2.00 bits per heavy atom. The second-order valence-electron chi connectivity index (χ2n) is 10.2. The number of aromatic nitrogens is 1. The van der Waals surface area contributed by atoms with E-state index in [2.05, 4.69) is 27.0 Å². The van der Waals surface area contributed by atoms with E-state index < -0.39 is 29.7 Å². The third-order valence-electron chi connectivity index (χ3n) is 6.60. The van der Waals surface area contributed by atoms with Crippen molar-refractivity contribution >= 4 is 28.6 Å². The molecule has 9 nitrogen and oxygen atoms in total. The van der Waals surface area contributed by atoms with Gasteiger partial charge in [0, 0.05) is 22.9 Å². The van der Waals surface area contributed by atoms with E-state index in [1.807, 2.05) is 13.8 Å². The molecule has 0 spiro atoms. The second kappa shape index (κ2) is 9.56. The number of fused-ring (bicyclic) bond motifs is 1. The summed E-state index contributed by atoms with van der Waals surface area (Å²) in [5.74, 6) is -1.37. The minimum Gasteiger partial charge on any atom is -0.496 e. The Morgan fingerprint density at radius 3 is 2.60 bits per heavy atom. The minimum absolute atomic E-state index is 0.127. The summed E-state index contributed by atoms with van der Waals surface area (Å²) in [7, 11) is 1.42. The van der Waals surface area contributed by atoms with Gasteiger partial charge < -0.3 is 25.7 Å². The molecule has 3 atom stereocenters. The molecule has 0 unspecified atom stereocenters. The van der Waals surface area contributed by atoms with Gasteiger partial charge in [0.1, 0.15) is 29.3 Å². The molecule has 1 aliphatic carbocycles. The lowest BCUT2D eigenvalue weighted by Gasteiger charge is -2.21. The summed E-state index contributed by atoms with van der Waals surface area (Å²) >= 11 is 0. The van der Waals surface area contributed by atoms with Crippen LogP contribution < -0.4 is 20.7 Å². The van der Waals surface area contributed by atoms with Crippen LogP contribution in [0.15, 0.2) is 18.2 Å². The van der Waals surface area contributed by atoms with Crippen LogP contribution in [0.5, 0.6) is 5.75 Å². The summed E-state index contributed by atoms with van der Waals surface area (Å²) in [4.78, 5) is 41.2. The highest BCUT2D eigenvalue weighted by Gasteiger charge is 2.39. The zero-order valence-corrected chi connectivity index (χ0v) is 20.0. The summed E-state index contributed by atoms with van der Waals surface area (Å²) in [6, 6.07) is 4.42. The number of hydrogen-bond donors (Lipinski definition) is 4. The predicted octanol–water partition coefficient (Wildman–Crippen LogP) is 2.53. The average Bonchev–Trinajstić information content (AvgIpc) is 3.44. The van der Waals surface area contributed by atoms with E-state index in [0.29, 0.717) is 35.4 Å². The number of benzene rings is 1. The van der Waals surface area contributed by atoms with E-state index in [4.69, 9.17) is 4.74 Å². The zero-order valence-electron chi connectivity index (χ0n) is 20.0. The Labute approximate surface area is 202 Å². The molecule has 2 fully saturated rings. The van der Waals surface area contributed by atoms with Crippen LogP contribution in [0.3, 0.4) is 0 Å². The van der Waals surface area contributed by atoms with Crippen LogP contribution in [-0.2, 0) is 9.59 Å². The van der Waals surface area contributed by atoms with Crippen molar-refractivity contribution in [3.05, 3.63) is 29.7 Å². The maximum Gasteiger partial charge on any atom is 0.268 e. The van der Waals surface area contributed by atoms with Gasteiger partial charge in [-0.25, -0.2) is 4.39 Å². The first kappa shape index (κ1) is 24.5. The largest absolute Gasteiger partial charge is 0.496 e. The number of halogens is 1. The fourth-order valence-corrected chi connectivity index (χ4v) is 4.70. The molecule has 1 aromatic carbocycles. The fraction of sp³-hybridized carbons (Fsp3) is 0.520. The lowest BCUT2D eigenvalue weighted by Crippen LogP contribution is -2.50. The van der Waals surface area contributed by atoms with Gasteiger partial charge in [-0.2, -0.15) is 5.26 Å². The van der Waals surface area contributed by atoms with Gasteiger partial charge in [-0.3, -0.25) is 14.4 Å². The van der Waals surface area contributed by atoms with Gasteiger partial charge in [0.25, 0.3) is 5.91 Å². The third kappa shape index (κ3) is 5.73. The molecule has 2 heterocycles. The van der Waals surface area contributed by atoms with Crippen LogP contribution in [-0.4, -0.2) is 47.4 Å². The van der Waals surface area contributed by atoms with Gasteiger partial charge in [-0.15, -0.1) is 0 Å². The normalized spacial score (nSPS) is 20.5. The standard InChI is InChI=1S/C25H30FN5O4/c1-25(2)11-14(22(32)31-25)7-16(12-27)28-23(33)19(6-13-4-5-13)30-24(34)20-10-17-18(29-20)8-15(26)9-21(17)35-3/h8-10,13-14,16,19,29H,4-7,11H2,1-3H3,(H,28,33)(H,30,34)(H,31,32)/t14-,16+,19+/m1/s1. The minimum atomic E-state index is -0.855. The highest BCUT2D eigenvalue weighted by molar-refractivity contribution is 6.01. The fourth-order valence-electron chi connectivity index (χ4n) is 4.70. The number of H-pyrrole nitrogens is 1. The quantitative estimate of drug-likeness (QED) is 0.435. The van der Waals surface area contributed by atoms with Crippen molar-refractivity contribution in [2.45, 2.75) is 63.6 Å². The first-order valence-corrected chi connectivity index (χ1v) is 11.8. The molecule has 1 saturated heterocycles. The lowest BCUT2D eigenvalue weighted by atomic mass is 9.92. The van der Waals surface area contributed by atoms with Crippen LogP contribution in [0.4, 0.5) is 4.39 Å². The molecule has 3 amide bonds. The molecule has 4 N–H and O–H groups in total. The average molecular weight is 484 g/mol. The summed E-state index contributed by atoms with van der Waals surface area (Å²) < 4.78 is 19.0. The number of aromatic amines is 1. The number of nitrogens with zero attached hydrogens (tertiary/aromatic N) is 1. The molecule has 1 saturated carbocycles. The summed E-state index contributed by atoms with van der Waals surface area (Å²) in [6.45, 7) is 3.83. The smallest absolute Gasteiger partial charge is 0.268 e. The molecule has 1 aliphatic heterocycles. The van der Waals surface area contributed by atoms with Crippen molar-refractivity contribution < 1.29 is 23.5 Å². The molecule has 1 aromatic heterocycles. The lowest BCUT2D eigenvalue weighted by molar-refractivity contribution is -0.125. The Balaban J connectivity index is 1.45.